The molecule has 0 spiro atoms. The highest BCUT2D eigenvalue weighted by atomic mass is 16.5. The summed E-state index contributed by atoms with van der Waals surface area (Å²) in [6, 6.07) is 11.5. The number of carbonyl (C=O) groups is 1. The van der Waals surface area contributed by atoms with E-state index in [1.54, 1.807) is 36.4 Å². The molecule has 2 rings (SSSR count). The van der Waals surface area contributed by atoms with Gasteiger partial charge in [0.05, 0.1) is 19.5 Å². The van der Waals surface area contributed by atoms with E-state index in [1.807, 2.05) is 13.0 Å². The van der Waals surface area contributed by atoms with Crippen LogP contribution in [0.3, 0.4) is 0 Å². The second-order valence-corrected chi connectivity index (χ2v) is 4.90. The van der Waals surface area contributed by atoms with Gasteiger partial charge >= 0.3 is 0 Å². The molecule has 1 atom stereocenters. The highest BCUT2D eigenvalue weighted by Crippen LogP contribution is 2.16. The Kier molecular flexibility index (Phi) is 6.17. The number of furan rings is 1. The van der Waals surface area contributed by atoms with Crippen molar-refractivity contribution in [2.24, 2.45) is 0 Å². The van der Waals surface area contributed by atoms with Gasteiger partial charge in [-0.05, 0) is 42.8 Å². The molecule has 0 bridgehead atoms. The van der Waals surface area contributed by atoms with Crippen molar-refractivity contribution in [1.29, 1.82) is 5.26 Å². The minimum atomic E-state index is -0.704. The largest absolute Gasteiger partial charge is 0.494 e. The molecule has 0 saturated heterocycles. The minimum absolute atomic E-state index is 0.0656. The summed E-state index contributed by atoms with van der Waals surface area (Å²) in [4.78, 5) is 12.2. The lowest BCUT2D eigenvalue weighted by atomic mass is 10.1. The van der Waals surface area contributed by atoms with E-state index in [0.717, 1.165) is 5.75 Å². The van der Waals surface area contributed by atoms with E-state index in [0.29, 0.717) is 17.9 Å². The predicted molar refractivity (Wildman–Crippen MR) is 87.9 cm³/mol. The van der Waals surface area contributed by atoms with Gasteiger partial charge in [0.2, 0.25) is 0 Å². The number of nitrogens with zero attached hydrogens (tertiary/aromatic N) is 1. The Morgan fingerprint density at radius 1 is 1.42 bits per heavy atom. The molecule has 1 heterocycles. The van der Waals surface area contributed by atoms with Crippen LogP contribution in [0.2, 0.25) is 0 Å². The first kappa shape index (κ1) is 17.3. The number of hydrogen-bond donors (Lipinski definition) is 2. The van der Waals surface area contributed by atoms with Gasteiger partial charge in [-0.2, -0.15) is 5.26 Å². The lowest BCUT2D eigenvalue weighted by Crippen LogP contribution is -2.31. The number of nitriles is 1. The molecule has 6 heteroatoms. The number of benzene rings is 1. The second-order valence-electron chi connectivity index (χ2n) is 4.90. The van der Waals surface area contributed by atoms with Crippen molar-refractivity contribution in [2.75, 3.05) is 13.2 Å². The van der Waals surface area contributed by atoms with Crippen molar-refractivity contribution in [3.8, 4) is 11.8 Å². The van der Waals surface area contributed by atoms with Gasteiger partial charge in [0.25, 0.3) is 5.91 Å². The molecule has 0 radical (unpaired) electrons. The molecule has 124 valence electrons. The summed E-state index contributed by atoms with van der Waals surface area (Å²) in [6.07, 6.45) is 2.92. The lowest BCUT2D eigenvalue weighted by Gasteiger charge is -2.13. The highest BCUT2D eigenvalue weighted by Gasteiger charge is 2.18. The fraction of sp³-hybridized carbons (Fsp3) is 0.222. The Labute approximate surface area is 140 Å². The Hall–Kier alpha value is -3.04. The van der Waals surface area contributed by atoms with Gasteiger partial charge < -0.3 is 19.6 Å². The molecule has 0 saturated carbocycles. The molecule has 1 aromatic carbocycles. The number of amides is 1. The first-order chi connectivity index (χ1) is 11.7. The van der Waals surface area contributed by atoms with Crippen LogP contribution in [0, 0.1) is 11.3 Å². The molecule has 0 aliphatic carbocycles. The van der Waals surface area contributed by atoms with Crippen LogP contribution in [0.1, 0.15) is 24.3 Å². The third kappa shape index (κ3) is 4.48. The average Bonchev–Trinajstić information content (AvgIpc) is 3.13. The van der Waals surface area contributed by atoms with Crippen molar-refractivity contribution >= 4 is 12.0 Å². The molecule has 0 fully saturated rings. The van der Waals surface area contributed by atoms with E-state index < -0.39 is 11.9 Å². The summed E-state index contributed by atoms with van der Waals surface area (Å²) in [6.45, 7) is 2.12. The summed E-state index contributed by atoms with van der Waals surface area (Å²) >= 11 is 0. The van der Waals surface area contributed by atoms with Crippen LogP contribution in [0.25, 0.3) is 6.08 Å². The summed E-state index contributed by atoms with van der Waals surface area (Å²) in [5, 5.41) is 21.2. The van der Waals surface area contributed by atoms with Crippen molar-refractivity contribution in [3.63, 3.8) is 0 Å². The highest BCUT2D eigenvalue weighted by molar-refractivity contribution is 6.01. The van der Waals surface area contributed by atoms with E-state index in [2.05, 4.69) is 5.32 Å². The zero-order valence-corrected chi connectivity index (χ0v) is 13.2. The van der Waals surface area contributed by atoms with Crippen molar-refractivity contribution in [3.05, 3.63) is 59.6 Å². The fourth-order valence-electron chi connectivity index (χ4n) is 2.07. The van der Waals surface area contributed by atoms with E-state index in [1.165, 1.54) is 12.3 Å². The SMILES string of the molecule is CCOc1ccc(/C=C(/C#N)C(=O)NC(CO)c2ccco2)cc1. The van der Waals surface area contributed by atoms with Crippen LogP contribution in [-0.2, 0) is 4.79 Å². The molecule has 1 unspecified atom stereocenters. The van der Waals surface area contributed by atoms with E-state index >= 15 is 0 Å². The standard InChI is InChI=1S/C18H18N2O4/c1-2-23-15-7-5-13(6-8-15)10-14(11-19)18(22)20-16(12-21)17-4-3-9-24-17/h3-10,16,21H,2,12H2,1H3,(H,20,22)/b14-10-. The minimum Gasteiger partial charge on any atom is -0.494 e. The number of aliphatic hydroxyl groups is 1. The topological polar surface area (TPSA) is 95.5 Å². The number of aliphatic hydroxyl groups excluding tert-OH is 1. The van der Waals surface area contributed by atoms with Gasteiger partial charge in [-0.25, -0.2) is 0 Å². The van der Waals surface area contributed by atoms with Crippen molar-refractivity contribution in [2.45, 2.75) is 13.0 Å². The van der Waals surface area contributed by atoms with E-state index in [9.17, 15) is 15.2 Å². The third-order valence-corrected chi connectivity index (χ3v) is 3.24. The number of rotatable bonds is 7. The number of nitrogens with one attached hydrogen (secondary N) is 1. The van der Waals surface area contributed by atoms with Crippen LogP contribution < -0.4 is 10.1 Å². The molecule has 0 aliphatic heterocycles. The third-order valence-electron chi connectivity index (χ3n) is 3.24. The van der Waals surface area contributed by atoms with Crippen LogP contribution in [0.15, 0.2) is 52.7 Å². The number of hydrogen-bond acceptors (Lipinski definition) is 5. The van der Waals surface area contributed by atoms with Gasteiger partial charge in [-0.15, -0.1) is 0 Å². The molecule has 1 amide bonds. The van der Waals surface area contributed by atoms with Crippen LogP contribution in [0.4, 0.5) is 0 Å². The second kappa shape index (κ2) is 8.56. The molecular weight excluding hydrogens is 308 g/mol. The van der Waals surface area contributed by atoms with Gasteiger partial charge in [0, 0.05) is 0 Å². The van der Waals surface area contributed by atoms with Crippen LogP contribution in [0.5, 0.6) is 5.75 Å². The van der Waals surface area contributed by atoms with Crippen LogP contribution in [-0.4, -0.2) is 24.2 Å². The van der Waals surface area contributed by atoms with Crippen molar-refractivity contribution in [1.82, 2.24) is 5.32 Å². The van der Waals surface area contributed by atoms with Gasteiger partial charge in [-0.3, -0.25) is 4.79 Å². The normalized spacial score (nSPS) is 12.3. The summed E-state index contributed by atoms with van der Waals surface area (Å²) in [7, 11) is 0. The Balaban J connectivity index is 2.11. The maximum Gasteiger partial charge on any atom is 0.262 e. The first-order valence-electron chi connectivity index (χ1n) is 7.47. The molecule has 2 N–H and O–H groups in total. The van der Waals surface area contributed by atoms with Gasteiger partial charge in [0.1, 0.15) is 29.2 Å². The first-order valence-corrected chi connectivity index (χ1v) is 7.47. The summed E-state index contributed by atoms with van der Waals surface area (Å²) < 4.78 is 10.5. The molecule has 1 aromatic heterocycles. The Morgan fingerprint density at radius 2 is 2.17 bits per heavy atom. The maximum atomic E-state index is 12.2. The molecule has 0 aliphatic rings. The van der Waals surface area contributed by atoms with E-state index in [4.69, 9.17) is 9.15 Å². The van der Waals surface area contributed by atoms with Gasteiger partial charge in [0.15, 0.2) is 0 Å². The molecule has 2 aromatic rings. The zero-order valence-electron chi connectivity index (χ0n) is 13.2. The number of ether oxygens (including phenoxy) is 1. The van der Waals surface area contributed by atoms with E-state index in [-0.39, 0.29) is 12.2 Å². The summed E-state index contributed by atoms with van der Waals surface area (Å²) in [5.41, 5.74) is 0.632. The summed E-state index contributed by atoms with van der Waals surface area (Å²) in [5.74, 6) is 0.557. The monoisotopic (exact) mass is 326 g/mol. The van der Waals surface area contributed by atoms with Crippen molar-refractivity contribution < 1.29 is 19.1 Å². The lowest BCUT2D eigenvalue weighted by molar-refractivity contribution is -0.118. The zero-order chi connectivity index (χ0) is 17.4. The fourth-order valence-corrected chi connectivity index (χ4v) is 2.07. The number of carbonyl (C=O) groups excluding carboxylic acids is 1. The predicted octanol–water partition coefficient (Wildman–Crippen LogP) is 2.44. The Bertz CT molecular complexity index is 727. The average molecular weight is 326 g/mol. The molecule has 6 nitrogen and oxygen atoms in total. The molecular formula is C18H18N2O4. The quantitative estimate of drug-likeness (QED) is 0.602. The van der Waals surface area contributed by atoms with Gasteiger partial charge in [-0.1, -0.05) is 12.1 Å². The van der Waals surface area contributed by atoms with Crippen LogP contribution >= 0.6 is 0 Å². The maximum absolute atomic E-state index is 12.2. The molecule has 24 heavy (non-hydrogen) atoms. The smallest absolute Gasteiger partial charge is 0.262 e. The Morgan fingerprint density at radius 3 is 2.71 bits per heavy atom.